The maximum Gasteiger partial charge on any atom is 0.138 e. The molecular weight excluding hydrogens is 336 g/mol. The summed E-state index contributed by atoms with van der Waals surface area (Å²) in [7, 11) is 0. The topological polar surface area (TPSA) is 17.8 Å². The molecular formula is C8H6ClFIN2P. The van der Waals surface area contributed by atoms with E-state index in [1.165, 1.54) is 0 Å². The van der Waals surface area contributed by atoms with Gasteiger partial charge in [-0.15, -0.1) is 0 Å². The van der Waals surface area contributed by atoms with E-state index in [1.807, 2.05) is 0 Å². The summed E-state index contributed by atoms with van der Waals surface area (Å²) in [5.41, 5.74) is 1.24. The van der Waals surface area contributed by atoms with Gasteiger partial charge in [0, 0.05) is 10.6 Å². The van der Waals surface area contributed by atoms with Gasteiger partial charge in [-0.3, -0.25) is 0 Å². The SMILES string of the molecule is Cc1c(Cl)cc2c(cnn2PI)c1F. The van der Waals surface area contributed by atoms with E-state index in [1.54, 1.807) is 23.6 Å². The van der Waals surface area contributed by atoms with Crippen LogP contribution in [0, 0.1) is 12.7 Å². The Morgan fingerprint density at radius 2 is 2.36 bits per heavy atom. The molecule has 1 aromatic carbocycles. The van der Waals surface area contributed by atoms with Gasteiger partial charge in [0.15, 0.2) is 0 Å². The summed E-state index contributed by atoms with van der Waals surface area (Å²) in [5.74, 6) is -0.270. The lowest BCUT2D eigenvalue weighted by molar-refractivity contribution is 0.631. The summed E-state index contributed by atoms with van der Waals surface area (Å²) in [6.07, 6.45) is 1.99. The Hall–Kier alpha value is 0.0700. The van der Waals surface area contributed by atoms with Crippen LogP contribution >= 0.6 is 40.0 Å². The van der Waals surface area contributed by atoms with Crippen molar-refractivity contribution in [3.05, 3.63) is 28.7 Å². The van der Waals surface area contributed by atoms with Crippen molar-refractivity contribution in [1.82, 2.24) is 9.55 Å². The number of fused-ring (bicyclic) bond motifs is 1. The molecule has 6 heteroatoms. The molecule has 1 atom stereocenters. The Morgan fingerprint density at radius 1 is 1.64 bits per heavy atom. The molecule has 2 rings (SSSR count). The number of hydrogen-bond donors (Lipinski definition) is 0. The summed E-state index contributed by atoms with van der Waals surface area (Å²) < 4.78 is 15.4. The normalized spacial score (nSPS) is 12.0. The minimum absolute atomic E-state index is 0.270. The smallest absolute Gasteiger partial charge is 0.138 e. The molecule has 1 aromatic heterocycles. The van der Waals surface area contributed by atoms with Crippen LogP contribution in [0.1, 0.15) is 5.56 Å². The van der Waals surface area contributed by atoms with E-state index in [9.17, 15) is 4.39 Å². The van der Waals surface area contributed by atoms with Crippen LogP contribution < -0.4 is 0 Å². The van der Waals surface area contributed by atoms with Gasteiger partial charge >= 0.3 is 0 Å². The lowest BCUT2D eigenvalue weighted by Crippen LogP contribution is -1.87. The highest BCUT2D eigenvalue weighted by atomic mass is 127. The van der Waals surface area contributed by atoms with Crippen molar-refractivity contribution in [3.8, 4) is 0 Å². The van der Waals surface area contributed by atoms with Crippen molar-refractivity contribution in [2.24, 2.45) is 0 Å². The van der Waals surface area contributed by atoms with E-state index in [4.69, 9.17) is 11.6 Å². The molecule has 0 saturated heterocycles. The first-order valence-electron chi connectivity index (χ1n) is 3.84. The summed E-state index contributed by atoms with van der Waals surface area (Å²) >= 11 is 8.09. The molecule has 14 heavy (non-hydrogen) atoms. The van der Waals surface area contributed by atoms with E-state index in [0.29, 0.717) is 22.3 Å². The molecule has 0 aliphatic heterocycles. The first-order valence-corrected chi connectivity index (χ1v) is 8.28. The number of nitrogens with zero attached hydrogens (tertiary/aromatic N) is 2. The molecule has 0 amide bonds. The molecule has 0 aliphatic carbocycles. The van der Waals surface area contributed by atoms with Crippen LogP contribution in [-0.4, -0.2) is 9.55 Å². The van der Waals surface area contributed by atoms with Gasteiger partial charge in [0.1, 0.15) is 5.82 Å². The minimum atomic E-state index is -0.270. The Morgan fingerprint density at radius 3 is 3.00 bits per heavy atom. The van der Waals surface area contributed by atoms with Gasteiger partial charge in [-0.25, -0.2) is 8.84 Å². The second kappa shape index (κ2) is 3.91. The second-order valence-corrected chi connectivity index (χ2v) is 5.32. The maximum absolute atomic E-state index is 13.7. The highest BCUT2D eigenvalue weighted by Gasteiger charge is 2.12. The molecule has 0 saturated carbocycles. The second-order valence-electron chi connectivity index (χ2n) is 2.87. The summed E-state index contributed by atoms with van der Waals surface area (Å²) in [6, 6.07) is 1.76. The fourth-order valence-corrected chi connectivity index (χ4v) is 2.99. The number of aromatic nitrogens is 2. The lowest BCUT2D eigenvalue weighted by Gasteiger charge is -2.02. The number of halogens is 3. The maximum atomic E-state index is 13.7. The van der Waals surface area contributed by atoms with Gasteiger partial charge < -0.3 is 0 Å². The van der Waals surface area contributed by atoms with Crippen LogP contribution in [0.25, 0.3) is 10.9 Å². The van der Waals surface area contributed by atoms with Crippen molar-refractivity contribution >= 4 is 50.9 Å². The van der Waals surface area contributed by atoms with Crippen LogP contribution in [0.2, 0.25) is 5.02 Å². The molecule has 1 heterocycles. The van der Waals surface area contributed by atoms with Crippen molar-refractivity contribution < 1.29 is 4.39 Å². The van der Waals surface area contributed by atoms with E-state index < -0.39 is 0 Å². The summed E-state index contributed by atoms with van der Waals surface area (Å²) in [6.45, 7) is 1.67. The van der Waals surface area contributed by atoms with Crippen molar-refractivity contribution in [1.29, 1.82) is 0 Å². The average molecular weight is 342 g/mol. The molecule has 2 aromatic rings. The zero-order chi connectivity index (χ0) is 10.3. The average Bonchev–Trinajstić information content (AvgIpc) is 2.57. The van der Waals surface area contributed by atoms with Crippen molar-refractivity contribution in [2.75, 3.05) is 0 Å². The van der Waals surface area contributed by atoms with Gasteiger partial charge in [-0.2, -0.15) is 5.10 Å². The first kappa shape index (κ1) is 10.6. The zero-order valence-corrected chi connectivity index (χ0v) is 11.1. The van der Waals surface area contributed by atoms with Gasteiger partial charge in [-0.05, 0) is 35.0 Å². The Labute approximate surface area is 100 Å². The fourth-order valence-electron chi connectivity index (χ4n) is 1.27. The van der Waals surface area contributed by atoms with Crippen LogP contribution in [0.5, 0.6) is 0 Å². The lowest BCUT2D eigenvalue weighted by atomic mass is 10.1. The minimum Gasteiger partial charge on any atom is -0.237 e. The van der Waals surface area contributed by atoms with Gasteiger partial charge in [0.25, 0.3) is 0 Å². The van der Waals surface area contributed by atoms with E-state index >= 15 is 0 Å². The van der Waals surface area contributed by atoms with Crippen LogP contribution in [0.15, 0.2) is 12.3 Å². The van der Waals surface area contributed by atoms with Gasteiger partial charge in [0.05, 0.1) is 23.5 Å². The fraction of sp³-hybridized carbons (Fsp3) is 0.125. The third-order valence-corrected chi connectivity index (χ3v) is 4.35. The third kappa shape index (κ3) is 1.53. The van der Waals surface area contributed by atoms with Gasteiger partial charge in [-0.1, -0.05) is 11.6 Å². The molecule has 0 aliphatic rings. The number of benzene rings is 1. The molecule has 1 unspecified atom stereocenters. The summed E-state index contributed by atoms with van der Waals surface area (Å²) in [4.78, 5) is 0. The molecule has 74 valence electrons. The summed E-state index contributed by atoms with van der Waals surface area (Å²) in [5, 5.41) is 5.07. The van der Waals surface area contributed by atoms with Crippen LogP contribution in [-0.2, 0) is 0 Å². The molecule has 0 bridgehead atoms. The largest absolute Gasteiger partial charge is 0.237 e. The predicted molar refractivity (Wildman–Crippen MR) is 67.2 cm³/mol. The number of rotatable bonds is 1. The van der Waals surface area contributed by atoms with Crippen molar-refractivity contribution in [3.63, 3.8) is 0 Å². The first-order chi connectivity index (χ1) is 6.65. The molecule has 0 fully saturated rings. The Kier molecular flexibility index (Phi) is 2.96. The zero-order valence-electron chi connectivity index (χ0n) is 7.18. The molecule has 0 N–H and O–H groups in total. The molecule has 0 spiro atoms. The third-order valence-electron chi connectivity index (χ3n) is 2.07. The van der Waals surface area contributed by atoms with E-state index in [0.717, 1.165) is 5.52 Å². The van der Waals surface area contributed by atoms with Crippen LogP contribution in [0.3, 0.4) is 0 Å². The van der Waals surface area contributed by atoms with E-state index in [2.05, 4.69) is 27.1 Å². The quantitative estimate of drug-likeness (QED) is 0.567. The Bertz CT molecular complexity index is 500. The standard InChI is InChI=1S/C8H6ClFIN2P/c1-4-6(9)2-7-5(8(4)10)3-12-13(7)14-11/h2-3,14H,1H3. The predicted octanol–water partition coefficient (Wildman–Crippen LogP) is 3.93. The molecule has 0 radical (unpaired) electrons. The van der Waals surface area contributed by atoms with Crippen molar-refractivity contribution in [2.45, 2.75) is 6.92 Å². The molecule has 2 nitrogen and oxygen atoms in total. The van der Waals surface area contributed by atoms with E-state index in [-0.39, 0.29) is 5.82 Å². The van der Waals surface area contributed by atoms with Gasteiger partial charge in [0.2, 0.25) is 0 Å². The van der Waals surface area contributed by atoms with Crippen LogP contribution in [0.4, 0.5) is 4.39 Å². The monoisotopic (exact) mass is 342 g/mol. The Balaban J connectivity index is 2.86. The highest BCUT2D eigenvalue weighted by molar-refractivity contribution is 14.2. The highest BCUT2D eigenvalue weighted by Crippen LogP contribution is 2.32. The number of hydrogen-bond acceptors (Lipinski definition) is 1.